The molecule has 1 heterocycles. The maximum absolute atomic E-state index is 10.6. The maximum atomic E-state index is 10.6. The second-order valence-corrected chi connectivity index (χ2v) is 7.07. The molecular formula is C20H26N4O2. The summed E-state index contributed by atoms with van der Waals surface area (Å²) in [5.41, 5.74) is 3.19. The fourth-order valence-electron chi connectivity index (χ4n) is 3.55. The third kappa shape index (κ3) is 4.94. The van der Waals surface area contributed by atoms with Crippen molar-refractivity contribution < 1.29 is 9.90 Å². The van der Waals surface area contributed by atoms with Crippen LogP contribution in [0.2, 0.25) is 0 Å². The Hall–Kier alpha value is -2.63. The number of carbonyl (C=O) groups is 1. The van der Waals surface area contributed by atoms with Gasteiger partial charge in [0.2, 0.25) is 0 Å². The number of hydrogen-bond donors (Lipinski definition) is 3. The van der Waals surface area contributed by atoms with Crippen molar-refractivity contribution in [3.8, 4) is 11.3 Å². The lowest BCUT2D eigenvalue weighted by atomic mass is 9.82. The van der Waals surface area contributed by atoms with Gasteiger partial charge >= 0.3 is 6.09 Å². The van der Waals surface area contributed by atoms with E-state index in [4.69, 9.17) is 5.11 Å². The summed E-state index contributed by atoms with van der Waals surface area (Å²) < 4.78 is 0. The Labute approximate surface area is 154 Å². The zero-order valence-corrected chi connectivity index (χ0v) is 15.1. The molecule has 1 aliphatic rings. The summed E-state index contributed by atoms with van der Waals surface area (Å²) in [6.45, 7) is 3.53. The van der Waals surface area contributed by atoms with Crippen LogP contribution >= 0.6 is 0 Å². The lowest BCUT2D eigenvalue weighted by Gasteiger charge is -2.28. The van der Waals surface area contributed by atoms with E-state index in [1.807, 2.05) is 24.3 Å². The van der Waals surface area contributed by atoms with E-state index in [1.165, 1.54) is 5.56 Å². The Morgan fingerprint density at radius 2 is 1.73 bits per heavy atom. The van der Waals surface area contributed by atoms with Crippen LogP contribution in [0.5, 0.6) is 0 Å². The van der Waals surface area contributed by atoms with Crippen molar-refractivity contribution in [2.45, 2.75) is 32.6 Å². The van der Waals surface area contributed by atoms with E-state index in [0.29, 0.717) is 18.4 Å². The SMILES string of the molecule is Cc1ccccc1-c1ccc(NCC2CCC(CNC(=O)O)CC2)nn1. The number of anilines is 1. The van der Waals surface area contributed by atoms with Crippen LogP contribution in [0.15, 0.2) is 36.4 Å². The van der Waals surface area contributed by atoms with E-state index in [2.05, 4.69) is 39.9 Å². The van der Waals surface area contributed by atoms with E-state index in [-0.39, 0.29) is 0 Å². The standard InChI is InChI=1S/C20H26N4O2/c1-14-4-2-3-5-17(14)18-10-11-19(24-23-18)21-12-15-6-8-16(9-7-15)13-22-20(25)26/h2-5,10-11,15-16,22H,6-9,12-13H2,1H3,(H,21,24)(H,25,26). The third-order valence-electron chi connectivity index (χ3n) is 5.17. The second kappa shape index (κ2) is 8.65. The molecule has 3 N–H and O–H groups in total. The average molecular weight is 354 g/mol. The van der Waals surface area contributed by atoms with Gasteiger partial charge in [-0.15, -0.1) is 10.2 Å². The molecule has 26 heavy (non-hydrogen) atoms. The van der Waals surface area contributed by atoms with E-state index in [1.54, 1.807) is 0 Å². The molecule has 1 fully saturated rings. The summed E-state index contributed by atoms with van der Waals surface area (Å²) in [5.74, 6) is 1.88. The highest BCUT2D eigenvalue weighted by Crippen LogP contribution is 2.28. The van der Waals surface area contributed by atoms with Crippen molar-refractivity contribution in [1.29, 1.82) is 0 Å². The van der Waals surface area contributed by atoms with Crippen molar-refractivity contribution in [3.63, 3.8) is 0 Å². The van der Waals surface area contributed by atoms with Gasteiger partial charge in [-0.1, -0.05) is 24.3 Å². The minimum absolute atomic E-state index is 0.468. The summed E-state index contributed by atoms with van der Waals surface area (Å²) in [4.78, 5) is 10.6. The van der Waals surface area contributed by atoms with Gasteiger partial charge in [-0.3, -0.25) is 0 Å². The smallest absolute Gasteiger partial charge is 0.404 e. The number of aromatic nitrogens is 2. The van der Waals surface area contributed by atoms with Gasteiger partial charge in [0.15, 0.2) is 0 Å². The molecule has 138 valence electrons. The monoisotopic (exact) mass is 354 g/mol. The van der Waals surface area contributed by atoms with Crippen molar-refractivity contribution >= 4 is 11.9 Å². The number of benzene rings is 1. The van der Waals surface area contributed by atoms with Crippen molar-refractivity contribution in [1.82, 2.24) is 15.5 Å². The summed E-state index contributed by atoms with van der Waals surface area (Å²) in [5, 5.41) is 23.2. The molecule has 1 aromatic carbocycles. The van der Waals surface area contributed by atoms with E-state index in [0.717, 1.165) is 49.3 Å². The summed E-state index contributed by atoms with van der Waals surface area (Å²) in [7, 11) is 0. The normalized spacial score (nSPS) is 19.7. The quantitative estimate of drug-likeness (QED) is 0.731. The minimum atomic E-state index is -0.929. The van der Waals surface area contributed by atoms with Gasteiger partial charge in [-0.2, -0.15) is 0 Å². The highest BCUT2D eigenvalue weighted by atomic mass is 16.4. The van der Waals surface area contributed by atoms with Gasteiger partial charge in [-0.05, 0) is 62.1 Å². The Bertz CT molecular complexity index is 725. The highest BCUT2D eigenvalue weighted by Gasteiger charge is 2.21. The molecule has 1 aliphatic carbocycles. The maximum Gasteiger partial charge on any atom is 0.404 e. The number of carboxylic acid groups (broad SMARTS) is 1. The van der Waals surface area contributed by atoms with Crippen molar-refractivity contribution in [2.75, 3.05) is 18.4 Å². The number of nitrogens with one attached hydrogen (secondary N) is 2. The molecule has 2 aromatic rings. The van der Waals surface area contributed by atoms with E-state index < -0.39 is 6.09 Å². The van der Waals surface area contributed by atoms with Crippen LogP contribution in [0, 0.1) is 18.8 Å². The molecule has 6 nitrogen and oxygen atoms in total. The largest absolute Gasteiger partial charge is 0.465 e. The molecule has 0 saturated heterocycles. The molecule has 6 heteroatoms. The van der Waals surface area contributed by atoms with Crippen LogP contribution in [0.4, 0.5) is 10.6 Å². The first kappa shape index (κ1) is 18.2. The van der Waals surface area contributed by atoms with Crippen LogP contribution in [-0.4, -0.2) is 34.5 Å². The third-order valence-corrected chi connectivity index (χ3v) is 5.17. The topological polar surface area (TPSA) is 87.1 Å². The number of amides is 1. The Morgan fingerprint density at radius 1 is 1.04 bits per heavy atom. The van der Waals surface area contributed by atoms with Gasteiger partial charge in [0.25, 0.3) is 0 Å². The Morgan fingerprint density at radius 3 is 2.35 bits per heavy atom. The molecule has 0 radical (unpaired) electrons. The number of aryl methyl sites for hydroxylation is 1. The second-order valence-electron chi connectivity index (χ2n) is 7.07. The Kier molecular flexibility index (Phi) is 6.04. The average Bonchev–Trinajstić information content (AvgIpc) is 2.66. The number of hydrogen-bond acceptors (Lipinski definition) is 4. The van der Waals surface area contributed by atoms with Crippen LogP contribution in [-0.2, 0) is 0 Å². The minimum Gasteiger partial charge on any atom is -0.465 e. The molecule has 0 aliphatic heterocycles. The van der Waals surface area contributed by atoms with Gasteiger partial charge < -0.3 is 15.7 Å². The van der Waals surface area contributed by atoms with Gasteiger partial charge in [0.05, 0.1) is 5.69 Å². The zero-order chi connectivity index (χ0) is 18.4. The van der Waals surface area contributed by atoms with Crippen LogP contribution < -0.4 is 10.6 Å². The van der Waals surface area contributed by atoms with Crippen LogP contribution in [0.3, 0.4) is 0 Å². The number of rotatable bonds is 6. The lowest BCUT2D eigenvalue weighted by molar-refractivity contribution is 0.188. The first-order chi connectivity index (χ1) is 12.6. The van der Waals surface area contributed by atoms with E-state index >= 15 is 0 Å². The fraction of sp³-hybridized carbons (Fsp3) is 0.450. The lowest BCUT2D eigenvalue weighted by Crippen LogP contribution is -2.31. The summed E-state index contributed by atoms with van der Waals surface area (Å²) >= 11 is 0. The van der Waals surface area contributed by atoms with Gasteiger partial charge in [-0.25, -0.2) is 4.79 Å². The van der Waals surface area contributed by atoms with Crippen molar-refractivity contribution in [2.24, 2.45) is 11.8 Å². The molecule has 0 bridgehead atoms. The highest BCUT2D eigenvalue weighted by molar-refractivity contribution is 5.64. The fourth-order valence-corrected chi connectivity index (χ4v) is 3.55. The first-order valence-electron chi connectivity index (χ1n) is 9.22. The Balaban J connectivity index is 1.46. The predicted molar refractivity (Wildman–Crippen MR) is 102 cm³/mol. The first-order valence-corrected chi connectivity index (χ1v) is 9.22. The van der Waals surface area contributed by atoms with E-state index in [9.17, 15) is 4.79 Å². The van der Waals surface area contributed by atoms with Gasteiger partial charge in [0.1, 0.15) is 5.82 Å². The summed E-state index contributed by atoms with van der Waals surface area (Å²) in [6, 6.07) is 12.2. The molecule has 0 unspecified atom stereocenters. The van der Waals surface area contributed by atoms with Crippen molar-refractivity contribution in [3.05, 3.63) is 42.0 Å². The molecule has 0 spiro atoms. The molecule has 1 amide bonds. The molecule has 3 rings (SSSR count). The predicted octanol–water partition coefficient (Wildman–Crippen LogP) is 3.94. The molecule has 0 atom stereocenters. The molecule has 1 saturated carbocycles. The summed E-state index contributed by atoms with van der Waals surface area (Å²) in [6.07, 6.45) is 3.46. The zero-order valence-electron chi connectivity index (χ0n) is 15.1. The van der Waals surface area contributed by atoms with Crippen LogP contribution in [0.1, 0.15) is 31.2 Å². The van der Waals surface area contributed by atoms with Crippen LogP contribution in [0.25, 0.3) is 11.3 Å². The molecular weight excluding hydrogens is 328 g/mol. The van der Waals surface area contributed by atoms with Gasteiger partial charge in [0, 0.05) is 18.7 Å². The number of nitrogens with zero attached hydrogens (tertiary/aromatic N) is 2. The molecule has 1 aromatic heterocycles.